The van der Waals surface area contributed by atoms with E-state index in [2.05, 4.69) is 236 Å². The number of hydrogen-bond donors (Lipinski definition) is 0. The summed E-state index contributed by atoms with van der Waals surface area (Å²) in [5.41, 5.74) is 19.0. The van der Waals surface area contributed by atoms with Crippen LogP contribution in [0.4, 0.5) is 0 Å². The van der Waals surface area contributed by atoms with Crippen LogP contribution in [-0.2, 0) is 6.54 Å². The summed E-state index contributed by atoms with van der Waals surface area (Å²) in [5.74, 6) is 1.11. The van der Waals surface area contributed by atoms with E-state index in [1.54, 1.807) is 0 Å². The van der Waals surface area contributed by atoms with Crippen molar-refractivity contribution in [2.75, 3.05) is 0 Å². The molecule has 10 aromatic carbocycles. The molecule has 0 radical (unpaired) electrons. The molecule has 3 nitrogen and oxygen atoms in total. The number of amidine groups is 2. The van der Waals surface area contributed by atoms with E-state index in [9.17, 15) is 0 Å². The Bertz CT molecular complexity index is 3340. The normalized spacial score (nSPS) is 11.6. The van der Waals surface area contributed by atoms with Gasteiger partial charge in [0.25, 0.3) is 0 Å². The predicted molar refractivity (Wildman–Crippen MR) is 284 cm³/mol. The van der Waals surface area contributed by atoms with Crippen LogP contribution < -0.4 is 0 Å². The maximum Gasteiger partial charge on any atom is 0.161 e. The van der Waals surface area contributed by atoms with Crippen molar-refractivity contribution < 1.29 is 0 Å². The highest BCUT2D eigenvalue weighted by Crippen LogP contribution is 2.50. The van der Waals surface area contributed by atoms with Crippen LogP contribution >= 0.6 is 0 Å². The summed E-state index contributed by atoms with van der Waals surface area (Å²) in [7, 11) is 0. The largest absolute Gasteiger partial charge is 0.261 e. The molecule has 10 rings (SSSR count). The van der Waals surface area contributed by atoms with Gasteiger partial charge in [-0.15, -0.1) is 0 Å². The van der Waals surface area contributed by atoms with E-state index in [1.165, 1.54) is 38.9 Å². The van der Waals surface area contributed by atoms with Gasteiger partial charge in [-0.2, -0.15) is 0 Å². The van der Waals surface area contributed by atoms with E-state index in [0.29, 0.717) is 18.2 Å². The molecule has 0 aliphatic rings. The molecule has 67 heavy (non-hydrogen) atoms. The summed E-state index contributed by atoms with van der Waals surface area (Å²) in [5, 5.41) is 0. The molecule has 318 valence electrons. The summed E-state index contributed by atoms with van der Waals surface area (Å²) < 4.78 is 0. The molecule has 0 saturated heterocycles. The molecule has 0 unspecified atom stereocenters. The number of rotatable bonds is 11. The van der Waals surface area contributed by atoms with E-state index >= 15 is 0 Å². The molecule has 10 aromatic rings. The Kier molecular flexibility index (Phi) is 12.6. The van der Waals surface area contributed by atoms with Crippen LogP contribution in [-0.4, -0.2) is 18.4 Å². The first-order chi connectivity index (χ1) is 33.2. The lowest BCUT2D eigenvalue weighted by Crippen LogP contribution is -2.05. The maximum atomic E-state index is 5.21. The Labute approximate surface area is 393 Å². The maximum absolute atomic E-state index is 5.21. The van der Waals surface area contributed by atoms with Gasteiger partial charge in [0.2, 0.25) is 0 Å². The molecule has 0 aliphatic carbocycles. The molecular weight excluding hydrogens is 811 g/mol. The molecule has 0 atom stereocenters. The molecule has 0 fully saturated rings. The van der Waals surface area contributed by atoms with Crippen LogP contribution in [0.2, 0.25) is 0 Å². The molecular formula is C64H47N3. The third-order valence-electron chi connectivity index (χ3n) is 12.1. The molecule has 0 aromatic heterocycles. The lowest BCUT2D eigenvalue weighted by Gasteiger charge is -2.24. The first-order valence-corrected chi connectivity index (χ1v) is 22.6. The van der Waals surface area contributed by atoms with Crippen molar-refractivity contribution in [3.63, 3.8) is 0 Å². The van der Waals surface area contributed by atoms with E-state index < -0.39 is 0 Å². The minimum absolute atomic E-state index is 0.418. The number of benzene rings is 10. The van der Waals surface area contributed by atoms with Crippen LogP contribution in [0.15, 0.2) is 276 Å². The highest BCUT2D eigenvalue weighted by molar-refractivity contribution is 6.13. The third kappa shape index (κ3) is 9.40. The SMILES string of the molecule is C=NC(=NC(=NCc1cccc(-c2cccc(-c3cc(-c4ccccc4)c(-c4ccccc4)c(-c4ccccc4)c3-c3ccccc3)c2)c1)c1cccc(-c2ccccc2)c1)c1ccccc1. The van der Waals surface area contributed by atoms with Crippen molar-refractivity contribution >= 4 is 18.4 Å². The summed E-state index contributed by atoms with van der Waals surface area (Å²) in [4.78, 5) is 14.6. The van der Waals surface area contributed by atoms with Gasteiger partial charge in [0.05, 0.1) is 6.54 Å². The predicted octanol–water partition coefficient (Wildman–Crippen LogP) is 16.4. The topological polar surface area (TPSA) is 37.1 Å². The van der Waals surface area contributed by atoms with Crippen LogP contribution in [0.1, 0.15) is 16.7 Å². The van der Waals surface area contributed by atoms with Crippen molar-refractivity contribution in [3.05, 3.63) is 278 Å². The quantitative estimate of drug-likeness (QED) is 0.0918. The highest BCUT2D eigenvalue weighted by atomic mass is 15.0. The summed E-state index contributed by atoms with van der Waals surface area (Å²) in [6, 6.07) is 92.1. The minimum Gasteiger partial charge on any atom is -0.261 e. The molecule has 0 bridgehead atoms. The van der Waals surface area contributed by atoms with Crippen LogP contribution in [0, 0.1) is 0 Å². The van der Waals surface area contributed by atoms with E-state index in [1.807, 2.05) is 36.4 Å². The van der Waals surface area contributed by atoms with Gasteiger partial charge in [0.15, 0.2) is 11.7 Å². The molecule has 0 spiro atoms. The smallest absolute Gasteiger partial charge is 0.161 e. The van der Waals surface area contributed by atoms with Crippen LogP contribution in [0.25, 0.3) is 77.9 Å². The fraction of sp³-hybridized carbons (Fsp3) is 0.0156. The highest BCUT2D eigenvalue weighted by Gasteiger charge is 2.24. The number of aliphatic imine (C=N–C) groups is 3. The zero-order valence-corrected chi connectivity index (χ0v) is 37.1. The monoisotopic (exact) mass is 857 g/mol. The molecule has 3 heteroatoms. The van der Waals surface area contributed by atoms with Gasteiger partial charge in [-0.25, -0.2) is 9.98 Å². The zero-order chi connectivity index (χ0) is 45.2. The van der Waals surface area contributed by atoms with Gasteiger partial charge in [0.1, 0.15) is 0 Å². The second kappa shape index (κ2) is 19.9. The Balaban J connectivity index is 1.10. The fourth-order valence-electron chi connectivity index (χ4n) is 8.88. The zero-order valence-electron chi connectivity index (χ0n) is 37.1. The standard InChI is InChI=1S/C64H47N3/c1-65-63(52-34-18-7-19-35-52)67-64(57-40-22-37-54(43-57)47-24-8-2-9-25-47)66-45-46-23-20-36-53(41-46)55-38-21-39-56(42-55)59-44-58(48-26-10-3-11-27-48)60(49-28-12-4-13-29-49)62(51-32-16-6-17-33-51)61(59)50-30-14-5-15-31-50/h2-44H,1,45H2. The van der Waals surface area contributed by atoms with Crippen LogP contribution in [0.3, 0.4) is 0 Å². The molecule has 0 aliphatic heterocycles. The van der Waals surface area contributed by atoms with Gasteiger partial charge < -0.3 is 0 Å². The van der Waals surface area contributed by atoms with E-state index in [0.717, 1.165) is 55.6 Å². The van der Waals surface area contributed by atoms with Crippen molar-refractivity contribution in [2.45, 2.75) is 6.54 Å². The van der Waals surface area contributed by atoms with E-state index in [-0.39, 0.29) is 0 Å². The van der Waals surface area contributed by atoms with Gasteiger partial charge in [-0.3, -0.25) is 4.99 Å². The summed E-state index contributed by atoms with van der Waals surface area (Å²) >= 11 is 0. The Morgan fingerprint density at radius 3 is 1.27 bits per heavy atom. The second-order valence-electron chi connectivity index (χ2n) is 16.4. The second-order valence-corrected chi connectivity index (χ2v) is 16.4. The van der Waals surface area contributed by atoms with E-state index in [4.69, 9.17) is 9.98 Å². The molecule has 0 N–H and O–H groups in total. The van der Waals surface area contributed by atoms with Gasteiger partial charge in [0, 0.05) is 11.1 Å². The first-order valence-electron chi connectivity index (χ1n) is 22.6. The van der Waals surface area contributed by atoms with Gasteiger partial charge in [-0.1, -0.05) is 237 Å². The molecule has 0 saturated carbocycles. The average molecular weight is 858 g/mol. The Morgan fingerprint density at radius 2 is 0.701 bits per heavy atom. The molecule has 0 amide bonds. The fourth-order valence-corrected chi connectivity index (χ4v) is 8.88. The van der Waals surface area contributed by atoms with Gasteiger partial charge in [-0.05, 0) is 114 Å². The molecule has 0 heterocycles. The Hall–Kier alpha value is -8.79. The van der Waals surface area contributed by atoms with Crippen molar-refractivity contribution in [2.24, 2.45) is 15.0 Å². The van der Waals surface area contributed by atoms with Crippen molar-refractivity contribution in [1.82, 2.24) is 0 Å². The van der Waals surface area contributed by atoms with Gasteiger partial charge >= 0.3 is 0 Å². The Morgan fingerprint density at radius 1 is 0.299 bits per heavy atom. The summed E-state index contributed by atoms with van der Waals surface area (Å²) in [6.07, 6.45) is 0. The van der Waals surface area contributed by atoms with Crippen LogP contribution in [0.5, 0.6) is 0 Å². The van der Waals surface area contributed by atoms with Crippen molar-refractivity contribution in [1.29, 1.82) is 0 Å². The average Bonchev–Trinajstić information content (AvgIpc) is 3.42. The number of hydrogen-bond acceptors (Lipinski definition) is 1. The lowest BCUT2D eigenvalue weighted by molar-refractivity contribution is 1.06. The van der Waals surface area contributed by atoms with Crippen molar-refractivity contribution in [3.8, 4) is 77.9 Å². The summed E-state index contributed by atoms with van der Waals surface area (Å²) in [6.45, 7) is 4.30. The lowest BCUT2D eigenvalue weighted by atomic mass is 9.78. The number of nitrogens with zero attached hydrogens (tertiary/aromatic N) is 3. The first kappa shape index (κ1) is 42.2. The minimum atomic E-state index is 0.418. The third-order valence-corrected chi connectivity index (χ3v) is 12.1.